The van der Waals surface area contributed by atoms with Crippen molar-refractivity contribution in [1.29, 1.82) is 0 Å². The molecule has 0 saturated carbocycles. The summed E-state index contributed by atoms with van der Waals surface area (Å²) in [5.74, 6) is 1.78. The third-order valence-corrected chi connectivity index (χ3v) is 4.58. The number of likely N-dealkylation sites (N-methyl/N-ethyl adjacent to an activating group) is 1. The average Bonchev–Trinajstić information content (AvgIpc) is 3.06. The SMILES string of the molecule is CCN1CCO[C@H](CNCc2ccc(OCc3nccn3C)cc2)C1. The van der Waals surface area contributed by atoms with Crippen molar-refractivity contribution in [2.75, 3.05) is 32.8 Å². The summed E-state index contributed by atoms with van der Waals surface area (Å²) < 4.78 is 13.6. The Hall–Kier alpha value is -1.89. The lowest BCUT2D eigenvalue weighted by Gasteiger charge is -2.32. The Morgan fingerprint density at radius 2 is 2.16 bits per heavy atom. The molecule has 1 aliphatic rings. The van der Waals surface area contributed by atoms with Crippen LogP contribution in [-0.2, 0) is 24.9 Å². The first-order valence-electron chi connectivity index (χ1n) is 8.97. The summed E-state index contributed by atoms with van der Waals surface area (Å²) in [7, 11) is 1.97. The highest BCUT2D eigenvalue weighted by atomic mass is 16.5. The molecule has 0 amide bonds. The van der Waals surface area contributed by atoms with Crippen LogP contribution in [0.5, 0.6) is 5.75 Å². The van der Waals surface area contributed by atoms with Gasteiger partial charge in [0.05, 0.1) is 12.7 Å². The molecule has 0 radical (unpaired) electrons. The molecule has 6 heteroatoms. The highest BCUT2D eigenvalue weighted by Crippen LogP contribution is 2.14. The maximum absolute atomic E-state index is 5.81. The molecule has 0 spiro atoms. The lowest BCUT2D eigenvalue weighted by atomic mass is 10.2. The van der Waals surface area contributed by atoms with Gasteiger partial charge in [-0.25, -0.2) is 4.98 Å². The maximum Gasteiger partial charge on any atom is 0.146 e. The summed E-state index contributed by atoms with van der Waals surface area (Å²) in [5, 5.41) is 3.49. The van der Waals surface area contributed by atoms with Crippen molar-refractivity contribution in [2.24, 2.45) is 7.05 Å². The molecule has 1 N–H and O–H groups in total. The quantitative estimate of drug-likeness (QED) is 0.791. The van der Waals surface area contributed by atoms with Crippen LogP contribution in [0.1, 0.15) is 18.3 Å². The topological polar surface area (TPSA) is 51.6 Å². The van der Waals surface area contributed by atoms with Gasteiger partial charge in [-0.3, -0.25) is 4.90 Å². The molecule has 1 aliphatic heterocycles. The molecule has 1 atom stereocenters. The highest BCUT2D eigenvalue weighted by molar-refractivity contribution is 5.27. The van der Waals surface area contributed by atoms with Crippen molar-refractivity contribution >= 4 is 0 Å². The van der Waals surface area contributed by atoms with E-state index >= 15 is 0 Å². The van der Waals surface area contributed by atoms with Gasteiger partial charge < -0.3 is 19.4 Å². The molecular formula is C19H28N4O2. The van der Waals surface area contributed by atoms with Crippen molar-refractivity contribution in [3.8, 4) is 5.75 Å². The van der Waals surface area contributed by atoms with Crippen molar-refractivity contribution < 1.29 is 9.47 Å². The van der Waals surface area contributed by atoms with Gasteiger partial charge in [-0.05, 0) is 24.2 Å². The molecule has 1 aromatic carbocycles. The Morgan fingerprint density at radius 1 is 1.32 bits per heavy atom. The summed E-state index contributed by atoms with van der Waals surface area (Å²) in [6.45, 7) is 8.40. The number of hydrogen-bond donors (Lipinski definition) is 1. The van der Waals surface area contributed by atoms with Gasteiger partial charge in [-0.2, -0.15) is 0 Å². The number of nitrogens with one attached hydrogen (secondary N) is 1. The van der Waals surface area contributed by atoms with Crippen molar-refractivity contribution in [2.45, 2.75) is 26.2 Å². The molecule has 2 aromatic rings. The fourth-order valence-corrected chi connectivity index (χ4v) is 2.96. The van der Waals surface area contributed by atoms with Gasteiger partial charge in [-0.1, -0.05) is 19.1 Å². The predicted molar refractivity (Wildman–Crippen MR) is 97.5 cm³/mol. The monoisotopic (exact) mass is 344 g/mol. The predicted octanol–water partition coefficient (Wildman–Crippen LogP) is 1.81. The minimum absolute atomic E-state index is 0.286. The molecule has 1 saturated heterocycles. The number of imidazole rings is 1. The first-order chi connectivity index (χ1) is 12.2. The second-order valence-corrected chi connectivity index (χ2v) is 6.40. The van der Waals surface area contributed by atoms with Crippen LogP contribution in [0.25, 0.3) is 0 Å². The van der Waals surface area contributed by atoms with Crippen LogP contribution in [0, 0.1) is 0 Å². The van der Waals surface area contributed by atoms with Crippen molar-refractivity contribution in [3.05, 3.63) is 48.0 Å². The number of nitrogens with zero attached hydrogens (tertiary/aromatic N) is 3. The molecule has 1 aromatic heterocycles. The van der Waals surface area contributed by atoms with E-state index in [9.17, 15) is 0 Å². The van der Waals surface area contributed by atoms with E-state index in [-0.39, 0.29) is 6.10 Å². The largest absolute Gasteiger partial charge is 0.486 e. The van der Waals surface area contributed by atoms with Gasteiger partial charge in [0.15, 0.2) is 0 Å². The molecule has 1 fully saturated rings. The van der Waals surface area contributed by atoms with E-state index in [0.717, 1.165) is 50.9 Å². The Morgan fingerprint density at radius 3 is 2.88 bits per heavy atom. The average molecular weight is 344 g/mol. The minimum Gasteiger partial charge on any atom is -0.486 e. The zero-order valence-corrected chi connectivity index (χ0v) is 15.1. The molecule has 0 aliphatic carbocycles. The third kappa shape index (κ3) is 5.29. The van der Waals surface area contributed by atoms with Crippen LogP contribution >= 0.6 is 0 Å². The molecule has 136 valence electrons. The van der Waals surface area contributed by atoms with Gasteiger partial charge >= 0.3 is 0 Å². The van der Waals surface area contributed by atoms with Crippen LogP contribution in [0.4, 0.5) is 0 Å². The summed E-state index contributed by atoms with van der Waals surface area (Å²) in [6, 6.07) is 8.22. The Labute approximate surface area is 149 Å². The Bertz CT molecular complexity index is 641. The smallest absolute Gasteiger partial charge is 0.146 e. The zero-order valence-electron chi connectivity index (χ0n) is 15.1. The van der Waals surface area contributed by atoms with E-state index < -0.39 is 0 Å². The maximum atomic E-state index is 5.81. The molecule has 3 rings (SSSR count). The first-order valence-corrected chi connectivity index (χ1v) is 8.97. The molecule has 6 nitrogen and oxygen atoms in total. The van der Waals surface area contributed by atoms with Crippen molar-refractivity contribution in [1.82, 2.24) is 19.8 Å². The number of ether oxygens (including phenoxy) is 2. The lowest BCUT2D eigenvalue weighted by molar-refractivity contribution is -0.0253. The van der Waals surface area contributed by atoms with E-state index in [4.69, 9.17) is 9.47 Å². The van der Waals surface area contributed by atoms with Gasteiger partial charge in [0.2, 0.25) is 0 Å². The fraction of sp³-hybridized carbons (Fsp3) is 0.526. The van der Waals surface area contributed by atoms with Gasteiger partial charge in [0.25, 0.3) is 0 Å². The number of benzene rings is 1. The number of aromatic nitrogens is 2. The summed E-state index contributed by atoms with van der Waals surface area (Å²) >= 11 is 0. The minimum atomic E-state index is 0.286. The standard InChI is InChI=1S/C19H28N4O2/c1-3-23-10-11-24-18(14-23)13-20-12-16-4-6-17(7-5-16)25-15-19-21-8-9-22(19)2/h4-9,18,20H,3,10-15H2,1-2H3/t18-/m1/s1. The molecule has 0 bridgehead atoms. The van der Waals surface area contributed by atoms with Crippen LogP contribution in [0.15, 0.2) is 36.7 Å². The second kappa shape index (κ2) is 8.99. The molecule has 2 heterocycles. The van der Waals surface area contributed by atoms with E-state index in [1.54, 1.807) is 6.20 Å². The van der Waals surface area contributed by atoms with Crippen LogP contribution in [0.2, 0.25) is 0 Å². The van der Waals surface area contributed by atoms with Crippen LogP contribution in [-0.4, -0.2) is 53.3 Å². The summed E-state index contributed by atoms with van der Waals surface area (Å²) in [5.41, 5.74) is 1.24. The fourth-order valence-electron chi connectivity index (χ4n) is 2.96. The number of hydrogen-bond acceptors (Lipinski definition) is 5. The Balaban J connectivity index is 1.39. The van der Waals surface area contributed by atoms with Gasteiger partial charge in [0.1, 0.15) is 18.2 Å². The van der Waals surface area contributed by atoms with E-state index in [2.05, 4.69) is 34.3 Å². The molecule has 0 unspecified atom stereocenters. The first kappa shape index (κ1) is 17.9. The zero-order chi connectivity index (χ0) is 17.5. The summed E-state index contributed by atoms with van der Waals surface area (Å²) in [6.07, 6.45) is 3.99. The van der Waals surface area contributed by atoms with Crippen LogP contribution in [0.3, 0.4) is 0 Å². The molecular weight excluding hydrogens is 316 g/mol. The normalized spacial score (nSPS) is 18.4. The van der Waals surface area contributed by atoms with E-state index in [1.165, 1.54) is 5.56 Å². The second-order valence-electron chi connectivity index (χ2n) is 6.40. The van der Waals surface area contributed by atoms with E-state index in [0.29, 0.717) is 6.61 Å². The molecule has 25 heavy (non-hydrogen) atoms. The van der Waals surface area contributed by atoms with E-state index in [1.807, 2.05) is 29.9 Å². The lowest BCUT2D eigenvalue weighted by Crippen LogP contribution is -2.46. The summed E-state index contributed by atoms with van der Waals surface area (Å²) in [4.78, 5) is 6.69. The van der Waals surface area contributed by atoms with Crippen LogP contribution < -0.4 is 10.1 Å². The number of morpholine rings is 1. The number of rotatable bonds is 8. The van der Waals surface area contributed by atoms with Crippen molar-refractivity contribution in [3.63, 3.8) is 0 Å². The van der Waals surface area contributed by atoms with Gasteiger partial charge in [0, 0.05) is 45.6 Å². The van der Waals surface area contributed by atoms with Gasteiger partial charge in [-0.15, -0.1) is 0 Å². The number of aryl methyl sites for hydroxylation is 1. The Kier molecular flexibility index (Phi) is 6.44. The highest BCUT2D eigenvalue weighted by Gasteiger charge is 2.18. The third-order valence-electron chi connectivity index (χ3n) is 4.58.